The highest BCUT2D eigenvalue weighted by molar-refractivity contribution is 9.10. The number of benzene rings is 1. The summed E-state index contributed by atoms with van der Waals surface area (Å²) in [6.45, 7) is 2.81. The third kappa shape index (κ3) is 1.83. The van der Waals surface area contributed by atoms with E-state index < -0.39 is 0 Å². The summed E-state index contributed by atoms with van der Waals surface area (Å²) < 4.78 is 0.933. The molecule has 1 aromatic heterocycles. The number of nitrogens with zero attached hydrogens (tertiary/aromatic N) is 1. The molecule has 3 N–H and O–H groups in total. The van der Waals surface area contributed by atoms with E-state index in [1.807, 2.05) is 19.1 Å². The molecule has 1 heterocycles. The molecule has 0 aliphatic heterocycles. The van der Waals surface area contributed by atoms with Crippen molar-refractivity contribution in [2.75, 3.05) is 17.6 Å². The summed E-state index contributed by atoms with van der Waals surface area (Å²) in [7, 11) is 0. The van der Waals surface area contributed by atoms with Gasteiger partial charge < -0.3 is 11.1 Å². The molecule has 0 saturated heterocycles. The Hall–Kier alpha value is -1.000. The van der Waals surface area contributed by atoms with Crippen molar-refractivity contribution in [3.05, 3.63) is 27.8 Å². The van der Waals surface area contributed by atoms with E-state index in [1.54, 1.807) is 6.20 Å². The molecule has 0 unspecified atom stereocenters. The summed E-state index contributed by atoms with van der Waals surface area (Å²) in [6.07, 6.45) is 1.62. The highest BCUT2D eigenvalue weighted by Gasteiger charge is 2.11. The number of hydrogen-bond donors (Lipinski definition) is 2. The van der Waals surface area contributed by atoms with Crippen molar-refractivity contribution in [1.82, 2.24) is 4.98 Å². The smallest absolute Gasteiger partial charge is 0.0921 e. The number of nitrogens with one attached hydrogen (secondary N) is 1. The molecule has 1 aromatic carbocycles. The fourth-order valence-electron chi connectivity index (χ4n) is 1.62. The quantitative estimate of drug-likeness (QED) is 0.890. The van der Waals surface area contributed by atoms with E-state index in [1.165, 1.54) is 0 Å². The number of fused-ring (bicyclic) bond motifs is 1. The second-order valence-electron chi connectivity index (χ2n) is 3.37. The van der Waals surface area contributed by atoms with Crippen LogP contribution < -0.4 is 11.1 Å². The van der Waals surface area contributed by atoms with Crippen LogP contribution >= 0.6 is 27.5 Å². The molecule has 0 saturated carbocycles. The van der Waals surface area contributed by atoms with Gasteiger partial charge in [-0.3, -0.25) is 4.98 Å². The maximum absolute atomic E-state index is 6.10. The largest absolute Gasteiger partial charge is 0.396 e. The Labute approximate surface area is 107 Å². The molecule has 0 spiro atoms. The molecule has 2 aromatic rings. The van der Waals surface area contributed by atoms with Crippen molar-refractivity contribution >= 4 is 49.8 Å². The lowest BCUT2D eigenvalue weighted by Gasteiger charge is -2.12. The van der Waals surface area contributed by atoms with Crippen LogP contribution in [-0.2, 0) is 0 Å². The average Bonchev–Trinajstić information content (AvgIpc) is 2.27. The molecule has 0 radical (unpaired) electrons. The van der Waals surface area contributed by atoms with Crippen LogP contribution in [0.4, 0.5) is 11.4 Å². The number of aromatic nitrogens is 1. The lowest BCUT2D eigenvalue weighted by Crippen LogP contribution is -2.03. The van der Waals surface area contributed by atoms with Crippen molar-refractivity contribution < 1.29 is 0 Å². The fraction of sp³-hybridized carbons (Fsp3) is 0.182. The number of nitrogen functional groups attached to an aromatic ring is 1. The monoisotopic (exact) mass is 299 g/mol. The van der Waals surface area contributed by atoms with E-state index in [0.29, 0.717) is 10.7 Å². The predicted molar refractivity (Wildman–Crippen MR) is 73.0 cm³/mol. The first-order valence-electron chi connectivity index (χ1n) is 4.91. The summed E-state index contributed by atoms with van der Waals surface area (Å²) in [5.74, 6) is 0. The van der Waals surface area contributed by atoms with E-state index in [0.717, 1.165) is 27.6 Å². The van der Waals surface area contributed by atoms with Crippen molar-refractivity contribution in [1.29, 1.82) is 0 Å². The Bertz CT molecular complexity index is 542. The zero-order valence-corrected chi connectivity index (χ0v) is 11.1. The second kappa shape index (κ2) is 4.47. The molecular weight excluding hydrogens is 289 g/mol. The Kier molecular flexibility index (Phi) is 3.21. The van der Waals surface area contributed by atoms with Gasteiger partial charge in [0, 0.05) is 16.4 Å². The van der Waals surface area contributed by atoms with E-state index in [2.05, 4.69) is 26.2 Å². The Balaban J connectivity index is 2.85. The van der Waals surface area contributed by atoms with Crippen LogP contribution in [0.3, 0.4) is 0 Å². The summed E-state index contributed by atoms with van der Waals surface area (Å²) in [4.78, 5) is 4.26. The molecule has 3 nitrogen and oxygen atoms in total. The van der Waals surface area contributed by atoms with Crippen molar-refractivity contribution in [2.45, 2.75) is 6.92 Å². The molecule has 0 atom stereocenters. The number of rotatable bonds is 2. The predicted octanol–water partition coefficient (Wildman–Crippen LogP) is 3.66. The van der Waals surface area contributed by atoms with Crippen molar-refractivity contribution in [2.24, 2.45) is 0 Å². The Morgan fingerprint density at radius 3 is 2.94 bits per heavy atom. The number of nitrogens with two attached hydrogens (primary N) is 1. The van der Waals surface area contributed by atoms with E-state index in [-0.39, 0.29) is 0 Å². The van der Waals surface area contributed by atoms with Gasteiger partial charge in [0.1, 0.15) is 0 Å². The average molecular weight is 301 g/mol. The van der Waals surface area contributed by atoms with Crippen LogP contribution in [0.5, 0.6) is 0 Å². The third-order valence-corrected chi connectivity index (χ3v) is 3.27. The maximum atomic E-state index is 6.10. The first-order chi connectivity index (χ1) is 7.65. The van der Waals surface area contributed by atoms with Crippen molar-refractivity contribution in [3.8, 4) is 0 Å². The molecule has 0 amide bonds. The van der Waals surface area contributed by atoms with E-state index in [4.69, 9.17) is 17.3 Å². The molecule has 16 heavy (non-hydrogen) atoms. The lowest BCUT2D eigenvalue weighted by molar-refractivity contribution is 1.21. The molecule has 2 rings (SSSR count). The van der Waals surface area contributed by atoms with Gasteiger partial charge in [-0.05, 0) is 19.1 Å². The molecule has 0 bridgehead atoms. The first kappa shape index (κ1) is 11.5. The van der Waals surface area contributed by atoms with Gasteiger partial charge in [-0.25, -0.2) is 0 Å². The first-order valence-corrected chi connectivity index (χ1v) is 6.08. The van der Waals surface area contributed by atoms with Gasteiger partial charge in [0.05, 0.1) is 28.1 Å². The molecule has 0 aliphatic carbocycles. The minimum absolute atomic E-state index is 0.623. The zero-order chi connectivity index (χ0) is 11.7. The van der Waals surface area contributed by atoms with Crippen LogP contribution in [0.2, 0.25) is 5.02 Å². The van der Waals surface area contributed by atoms with Crippen LogP contribution in [0, 0.1) is 0 Å². The SMILES string of the molecule is CCNc1c(N)cnc2c(Cl)ccc(Br)c12. The van der Waals surface area contributed by atoms with E-state index in [9.17, 15) is 0 Å². The Morgan fingerprint density at radius 1 is 1.50 bits per heavy atom. The number of anilines is 2. The van der Waals surface area contributed by atoms with Crippen LogP contribution in [0.25, 0.3) is 10.9 Å². The van der Waals surface area contributed by atoms with Crippen LogP contribution in [0.15, 0.2) is 22.8 Å². The van der Waals surface area contributed by atoms with Crippen molar-refractivity contribution in [3.63, 3.8) is 0 Å². The molecular formula is C11H11BrClN3. The van der Waals surface area contributed by atoms with Gasteiger partial charge in [-0.2, -0.15) is 0 Å². The summed E-state index contributed by atoms with van der Waals surface area (Å²) in [5, 5.41) is 4.78. The molecule has 84 valence electrons. The minimum atomic E-state index is 0.623. The number of halogens is 2. The van der Waals surface area contributed by atoms with Gasteiger partial charge in [0.15, 0.2) is 0 Å². The maximum Gasteiger partial charge on any atom is 0.0921 e. The summed E-state index contributed by atoms with van der Waals surface area (Å²) in [5.41, 5.74) is 8.15. The zero-order valence-electron chi connectivity index (χ0n) is 8.72. The topological polar surface area (TPSA) is 50.9 Å². The molecule has 0 aliphatic rings. The van der Waals surface area contributed by atoms with Crippen LogP contribution in [-0.4, -0.2) is 11.5 Å². The van der Waals surface area contributed by atoms with Crippen LogP contribution in [0.1, 0.15) is 6.92 Å². The van der Waals surface area contributed by atoms with E-state index >= 15 is 0 Å². The highest BCUT2D eigenvalue weighted by atomic mass is 79.9. The highest BCUT2D eigenvalue weighted by Crippen LogP contribution is 2.36. The fourth-order valence-corrected chi connectivity index (χ4v) is 2.34. The van der Waals surface area contributed by atoms with Gasteiger partial charge in [-0.1, -0.05) is 27.5 Å². The molecule has 5 heteroatoms. The third-order valence-electron chi connectivity index (χ3n) is 2.30. The normalized spacial score (nSPS) is 10.7. The number of pyridine rings is 1. The second-order valence-corrected chi connectivity index (χ2v) is 4.63. The van der Waals surface area contributed by atoms with Gasteiger partial charge in [-0.15, -0.1) is 0 Å². The van der Waals surface area contributed by atoms with Gasteiger partial charge in [0.2, 0.25) is 0 Å². The lowest BCUT2D eigenvalue weighted by atomic mass is 10.1. The summed E-state index contributed by atoms with van der Waals surface area (Å²) >= 11 is 9.59. The van der Waals surface area contributed by atoms with Gasteiger partial charge >= 0.3 is 0 Å². The number of hydrogen-bond acceptors (Lipinski definition) is 3. The Morgan fingerprint density at radius 2 is 2.25 bits per heavy atom. The molecule has 0 fully saturated rings. The summed E-state index contributed by atoms with van der Waals surface area (Å²) in [6, 6.07) is 3.71. The standard InChI is InChI=1S/C11H11BrClN3/c1-2-15-11-8(14)5-16-10-7(13)4-3-6(12)9(10)11/h3-5H,2,14H2,1H3,(H,15,16). The van der Waals surface area contributed by atoms with Gasteiger partial charge in [0.25, 0.3) is 0 Å². The minimum Gasteiger partial charge on any atom is -0.396 e.